The van der Waals surface area contributed by atoms with Crippen molar-refractivity contribution in [1.82, 2.24) is 4.72 Å². The minimum atomic E-state index is -3.80. The summed E-state index contributed by atoms with van der Waals surface area (Å²) in [5.41, 5.74) is 0.461. The highest BCUT2D eigenvalue weighted by molar-refractivity contribution is 7.89. The SMILES string of the molecule is COC(=O)c1ccc(CNS(=O)(=O)c2ccc(C#N)cc2)cc1F. The Hall–Kier alpha value is -2.76. The molecule has 0 heterocycles. The Labute approximate surface area is 138 Å². The van der Waals surface area contributed by atoms with Gasteiger partial charge in [0.05, 0.1) is 29.2 Å². The predicted octanol–water partition coefficient (Wildman–Crippen LogP) is 1.96. The molecule has 2 aromatic carbocycles. The van der Waals surface area contributed by atoms with Crippen molar-refractivity contribution in [3.63, 3.8) is 0 Å². The quantitative estimate of drug-likeness (QED) is 0.833. The highest BCUT2D eigenvalue weighted by Crippen LogP contribution is 2.14. The van der Waals surface area contributed by atoms with E-state index < -0.39 is 21.8 Å². The Bertz CT molecular complexity index is 903. The lowest BCUT2D eigenvalue weighted by Gasteiger charge is -2.08. The number of benzene rings is 2. The number of halogens is 1. The smallest absolute Gasteiger partial charge is 0.340 e. The molecule has 6 nitrogen and oxygen atoms in total. The standard InChI is InChI=1S/C16H13FN2O4S/c1-23-16(20)14-7-4-12(8-15(14)17)10-19-24(21,22)13-5-2-11(9-18)3-6-13/h2-8,19H,10H2,1H3. The highest BCUT2D eigenvalue weighted by atomic mass is 32.2. The van der Waals surface area contributed by atoms with Gasteiger partial charge in [-0.2, -0.15) is 5.26 Å². The molecule has 0 unspecified atom stereocenters. The van der Waals surface area contributed by atoms with Crippen LogP contribution in [0.25, 0.3) is 0 Å². The van der Waals surface area contributed by atoms with E-state index in [0.717, 1.165) is 13.2 Å². The number of carbonyl (C=O) groups excluding carboxylic acids is 1. The van der Waals surface area contributed by atoms with E-state index in [1.807, 2.05) is 6.07 Å². The highest BCUT2D eigenvalue weighted by Gasteiger charge is 2.16. The van der Waals surface area contributed by atoms with Crippen LogP contribution in [0.5, 0.6) is 0 Å². The molecule has 0 radical (unpaired) electrons. The number of hydrogen-bond acceptors (Lipinski definition) is 5. The van der Waals surface area contributed by atoms with Gasteiger partial charge in [0.25, 0.3) is 0 Å². The molecule has 0 bridgehead atoms. The van der Waals surface area contributed by atoms with Gasteiger partial charge < -0.3 is 4.74 Å². The topological polar surface area (TPSA) is 96.3 Å². The van der Waals surface area contributed by atoms with Crippen LogP contribution in [0.15, 0.2) is 47.4 Å². The number of nitriles is 1. The van der Waals surface area contributed by atoms with Crippen LogP contribution in [0.4, 0.5) is 4.39 Å². The van der Waals surface area contributed by atoms with E-state index >= 15 is 0 Å². The van der Waals surface area contributed by atoms with Crippen molar-refractivity contribution < 1.29 is 22.3 Å². The van der Waals surface area contributed by atoms with Crippen molar-refractivity contribution in [2.24, 2.45) is 0 Å². The van der Waals surface area contributed by atoms with E-state index in [4.69, 9.17) is 5.26 Å². The summed E-state index contributed by atoms with van der Waals surface area (Å²) in [6, 6.07) is 11.0. The maximum atomic E-state index is 13.8. The zero-order valence-electron chi connectivity index (χ0n) is 12.6. The van der Waals surface area contributed by atoms with Crippen molar-refractivity contribution in [1.29, 1.82) is 5.26 Å². The minimum Gasteiger partial charge on any atom is -0.465 e. The molecule has 0 saturated heterocycles. The monoisotopic (exact) mass is 348 g/mol. The first-order valence-electron chi connectivity index (χ1n) is 6.74. The number of methoxy groups -OCH3 is 1. The van der Waals surface area contributed by atoms with Gasteiger partial charge >= 0.3 is 5.97 Å². The molecule has 2 aromatic rings. The third-order valence-electron chi connectivity index (χ3n) is 3.20. The second-order valence-corrected chi connectivity index (χ2v) is 6.53. The molecular weight excluding hydrogens is 335 g/mol. The normalized spacial score (nSPS) is 10.9. The van der Waals surface area contributed by atoms with Crippen LogP contribution in [0.2, 0.25) is 0 Å². The number of rotatable bonds is 5. The maximum Gasteiger partial charge on any atom is 0.340 e. The van der Waals surface area contributed by atoms with Crippen molar-refractivity contribution in [2.75, 3.05) is 7.11 Å². The molecule has 2 rings (SSSR count). The number of hydrogen-bond donors (Lipinski definition) is 1. The van der Waals surface area contributed by atoms with Gasteiger partial charge in [-0.3, -0.25) is 0 Å². The van der Waals surface area contributed by atoms with Crippen LogP contribution in [-0.4, -0.2) is 21.5 Å². The summed E-state index contributed by atoms with van der Waals surface area (Å²) in [6.45, 7) is -0.152. The van der Waals surface area contributed by atoms with Gasteiger partial charge in [-0.1, -0.05) is 6.07 Å². The largest absolute Gasteiger partial charge is 0.465 e. The van der Waals surface area contributed by atoms with Crippen molar-refractivity contribution >= 4 is 16.0 Å². The predicted molar refractivity (Wildman–Crippen MR) is 82.9 cm³/mol. The van der Waals surface area contributed by atoms with Crippen LogP contribution in [0.3, 0.4) is 0 Å². The summed E-state index contributed by atoms with van der Waals surface area (Å²) in [5.74, 6) is -1.60. The average Bonchev–Trinajstić information content (AvgIpc) is 2.59. The summed E-state index contributed by atoms with van der Waals surface area (Å²) >= 11 is 0. The minimum absolute atomic E-state index is 0.00634. The van der Waals surface area contributed by atoms with Gasteiger partial charge in [0, 0.05) is 6.54 Å². The first-order valence-corrected chi connectivity index (χ1v) is 8.22. The lowest BCUT2D eigenvalue weighted by Crippen LogP contribution is -2.23. The number of sulfonamides is 1. The van der Waals surface area contributed by atoms with Crippen LogP contribution >= 0.6 is 0 Å². The molecule has 24 heavy (non-hydrogen) atoms. The van der Waals surface area contributed by atoms with E-state index in [1.54, 1.807) is 0 Å². The fourth-order valence-electron chi connectivity index (χ4n) is 1.91. The van der Waals surface area contributed by atoms with Crippen LogP contribution in [0, 0.1) is 17.1 Å². The number of esters is 1. The van der Waals surface area contributed by atoms with E-state index in [-0.39, 0.29) is 17.0 Å². The van der Waals surface area contributed by atoms with Crippen LogP contribution < -0.4 is 4.72 Å². The van der Waals surface area contributed by atoms with E-state index in [1.165, 1.54) is 36.4 Å². The van der Waals surface area contributed by atoms with Gasteiger partial charge in [-0.15, -0.1) is 0 Å². The lowest BCUT2D eigenvalue weighted by molar-refractivity contribution is 0.0595. The Morgan fingerprint density at radius 2 is 1.92 bits per heavy atom. The molecule has 0 fully saturated rings. The van der Waals surface area contributed by atoms with Gasteiger partial charge in [-0.25, -0.2) is 22.3 Å². The van der Waals surface area contributed by atoms with Crippen molar-refractivity contribution in [3.05, 3.63) is 65.0 Å². The molecular formula is C16H13FN2O4S. The van der Waals surface area contributed by atoms with E-state index in [9.17, 15) is 17.6 Å². The van der Waals surface area contributed by atoms with Gasteiger partial charge in [0.2, 0.25) is 10.0 Å². The molecule has 0 aliphatic heterocycles. The Kier molecular flexibility index (Phi) is 5.28. The average molecular weight is 348 g/mol. The summed E-state index contributed by atoms with van der Waals surface area (Å²) in [6.07, 6.45) is 0. The zero-order valence-corrected chi connectivity index (χ0v) is 13.4. The lowest BCUT2D eigenvalue weighted by atomic mass is 10.1. The maximum absolute atomic E-state index is 13.8. The second kappa shape index (κ2) is 7.21. The number of nitrogens with one attached hydrogen (secondary N) is 1. The molecule has 0 aliphatic carbocycles. The Morgan fingerprint density at radius 3 is 2.46 bits per heavy atom. The molecule has 0 amide bonds. The first kappa shape index (κ1) is 17.6. The van der Waals surface area contributed by atoms with Crippen molar-refractivity contribution in [3.8, 4) is 6.07 Å². The molecule has 0 aliphatic rings. The van der Waals surface area contributed by atoms with Gasteiger partial charge in [0.15, 0.2) is 0 Å². The molecule has 0 aromatic heterocycles. The number of carbonyl (C=O) groups is 1. The summed E-state index contributed by atoms with van der Waals surface area (Å²) in [7, 11) is -2.66. The summed E-state index contributed by atoms with van der Waals surface area (Å²) < 4.78 is 44.9. The number of ether oxygens (including phenoxy) is 1. The molecule has 124 valence electrons. The summed E-state index contributed by atoms with van der Waals surface area (Å²) in [5, 5.41) is 8.71. The molecule has 0 saturated carbocycles. The Balaban J connectivity index is 2.13. The Morgan fingerprint density at radius 1 is 1.25 bits per heavy atom. The van der Waals surface area contributed by atoms with E-state index in [0.29, 0.717) is 11.1 Å². The van der Waals surface area contributed by atoms with Crippen LogP contribution in [0.1, 0.15) is 21.5 Å². The van der Waals surface area contributed by atoms with Gasteiger partial charge in [0.1, 0.15) is 5.82 Å². The molecule has 0 atom stereocenters. The number of nitrogens with zero attached hydrogens (tertiary/aromatic N) is 1. The molecule has 8 heteroatoms. The zero-order chi connectivity index (χ0) is 17.7. The first-order chi connectivity index (χ1) is 11.4. The second-order valence-electron chi connectivity index (χ2n) is 4.77. The third kappa shape index (κ3) is 3.95. The summed E-state index contributed by atoms with van der Waals surface area (Å²) in [4.78, 5) is 11.3. The van der Waals surface area contributed by atoms with Gasteiger partial charge in [-0.05, 0) is 42.0 Å². The van der Waals surface area contributed by atoms with Crippen LogP contribution in [-0.2, 0) is 21.3 Å². The fraction of sp³-hybridized carbons (Fsp3) is 0.125. The third-order valence-corrected chi connectivity index (χ3v) is 4.62. The molecule has 0 spiro atoms. The van der Waals surface area contributed by atoms with E-state index in [2.05, 4.69) is 9.46 Å². The fourth-order valence-corrected chi connectivity index (χ4v) is 2.93. The van der Waals surface area contributed by atoms with Crippen molar-refractivity contribution in [2.45, 2.75) is 11.4 Å². The molecule has 1 N–H and O–H groups in total.